The third-order valence-electron chi connectivity index (χ3n) is 4.63. The van der Waals surface area contributed by atoms with Crippen LogP contribution in [0, 0.1) is 11.7 Å². The SMILES string of the molecule is CCOC(=O)C(COC)C(=S)c1cc(N=c2sc(=O)n3n2CCCC3)c(F)cc1Cl. The average molecular weight is 474 g/mol. The molecule has 11 heteroatoms. The van der Waals surface area contributed by atoms with Crippen molar-refractivity contribution in [1.82, 2.24) is 9.36 Å². The Labute approximate surface area is 186 Å². The smallest absolute Gasteiger partial charge is 0.325 e. The Hall–Kier alpha value is -1.88. The number of rotatable bonds is 7. The van der Waals surface area contributed by atoms with Gasteiger partial charge in [-0.15, -0.1) is 0 Å². The van der Waals surface area contributed by atoms with E-state index in [0.717, 1.165) is 30.2 Å². The van der Waals surface area contributed by atoms with Crippen LogP contribution in [0.4, 0.5) is 10.1 Å². The zero-order chi connectivity index (χ0) is 21.8. The number of carbonyl (C=O) groups excluding carboxylic acids is 1. The van der Waals surface area contributed by atoms with Gasteiger partial charge in [0.25, 0.3) is 0 Å². The molecule has 0 radical (unpaired) electrons. The van der Waals surface area contributed by atoms with Crippen LogP contribution in [0.15, 0.2) is 21.9 Å². The maximum Gasteiger partial charge on any atom is 0.325 e. The van der Waals surface area contributed by atoms with E-state index in [4.69, 9.17) is 33.3 Å². The van der Waals surface area contributed by atoms with E-state index in [1.165, 1.54) is 13.2 Å². The first-order chi connectivity index (χ1) is 14.4. The van der Waals surface area contributed by atoms with Crippen LogP contribution in [0.1, 0.15) is 25.3 Å². The Morgan fingerprint density at radius 2 is 2.07 bits per heavy atom. The van der Waals surface area contributed by atoms with Crippen LogP contribution in [-0.2, 0) is 27.4 Å². The molecule has 1 aliphatic rings. The Balaban J connectivity index is 2.06. The van der Waals surface area contributed by atoms with Gasteiger partial charge in [-0.2, -0.15) is 0 Å². The number of fused-ring (bicyclic) bond motifs is 1. The number of ether oxygens (including phenoxy) is 2. The van der Waals surface area contributed by atoms with E-state index < -0.39 is 17.7 Å². The Kier molecular flexibility index (Phi) is 7.56. The lowest BCUT2D eigenvalue weighted by molar-refractivity contribution is -0.146. The molecule has 0 fully saturated rings. The molecule has 1 atom stereocenters. The molecule has 7 nitrogen and oxygen atoms in total. The molecule has 1 aromatic heterocycles. The lowest BCUT2D eigenvalue weighted by atomic mass is 9.99. The number of hydrogen-bond donors (Lipinski definition) is 0. The highest BCUT2D eigenvalue weighted by molar-refractivity contribution is 7.81. The van der Waals surface area contributed by atoms with Gasteiger partial charge in [0.2, 0.25) is 4.80 Å². The molecule has 3 rings (SSSR count). The van der Waals surface area contributed by atoms with Crippen molar-refractivity contribution in [2.24, 2.45) is 10.9 Å². The Morgan fingerprint density at radius 3 is 2.73 bits per heavy atom. The van der Waals surface area contributed by atoms with Gasteiger partial charge < -0.3 is 9.47 Å². The minimum absolute atomic E-state index is 0.00230. The molecule has 162 valence electrons. The number of methoxy groups -OCH3 is 1. The van der Waals surface area contributed by atoms with Crippen molar-refractivity contribution in [2.75, 3.05) is 20.3 Å². The van der Waals surface area contributed by atoms with Crippen molar-refractivity contribution in [3.8, 4) is 0 Å². The minimum atomic E-state index is -0.867. The third-order valence-corrected chi connectivity index (χ3v) is 6.32. The summed E-state index contributed by atoms with van der Waals surface area (Å²) in [5.74, 6) is -2.06. The van der Waals surface area contributed by atoms with Gasteiger partial charge in [0.15, 0.2) is 0 Å². The number of esters is 1. The summed E-state index contributed by atoms with van der Waals surface area (Å²) in [6, 6.07) is 2.50. The molecule has 0 aliphatic carbocycles. The van der Waals surface area contributed by atoms with E-state index >= 15 is 0 Å². The second-order valence-electron chi connectivity index (χ2n) is 6.62. The molecule has 2 heterocycles. The molecule has 0 N–H and O–H groups in total. The number of hydrogen-bond acceptors (Lipinski definition) is 7. The standard InChI is InChI=1S/C19H21ClFN3O4S2/c1-3-28-17(25)12(10-27-2)16(29)11-8-15(14(21)9-13(11)20)22-18-23-6-4-5-7-24(23)19(26)30-18/h8-9,12H,3-7,10H2,1-2H3. The van der Waals surface area contributed by atoms with Crippen molar-refractivity contribution >= 4 is 51.7 Å². The highest BCUT2D eigenvalue weighted by Crippen LogP contribution is 2.29. The predicted octanol–water partition coefficient (Wildman–Crippen LogP) is 3.07. The van der Waals surface area contributed by atoms with Crippen molar-refractivity contribution in [1.29, 1.82) is 0 Å². The van der Waals surface area contributed by atoms with Gasteiger partial charge >= 0.3 is 10.8 Å². The molecular weight excluding hydrogens is 453 g/mol. The van der Waals surface area contributed by atoms with Crippen LogP contribution >= 0.6 is 35.2 Å². The Morgan fingerprint density at radius 1 is 1.37 bits per heavy atom. The fraction of sp³-hybridized carbons (Fsp3) is 0.474. The van der Waals surface area contributed by atoms with E-state index in [-0.39, 0.29) is 33.7 Å². The van der Waals surface area contributed by atoms with Crippen molar-refractivity contribution in [3.05, 3.63) is 43.0 Å². The van der Waals surface area contributed by atoms with Crippen molar-refractivity contribution in [2.45, 2.75) is 32.9 Å². The van der Waals surface area contributed by atoms with Crippen LogP contribution in [0.3, 0.4) is 0 Å². The van der Waals surface area contributed by atoms with E-state index in [1.807, 2.05) is 0 Å². The van der Waals surface area contributed by atoms with Gasteiger partial charge in [0, 0.05) is 30.6 Å². The fourth-order valence-electron chi connectivity index (χ4n) is 3.18. The zero-order valence-corrected chi connectivity index (χ0v) is 18.9. The van der Waals surface area contributed by atoms with Crippen LogP contribution in [0.25, 0.3) is 0 Å². The van der Waals surface area contributed by atoms with Crippen LogP contribution in [0.2, 0.25) is 5.02 Å². The summed E-state index contributed by atoms with van der Waals surface area (Å²) in [5, 5.41) is 0.0570. The number of halogens is 2. The van der Waals surface area contributed by atoms with Gasteiger partial charge in [-0.25, -0.2) is 14.1 Å². The number of carbonyl (C=O) groups is 1. The lowest BCUT2D eigenvalue weighted by Crippen LogP contribution is -2.31. The second-order valence-corrected chi connectivity index (χ2v) is 8.39. The summed E-state index contributed by atoms with van der Waals surface area (Å²) in [4.78, 5) is 29.3. The van der Waals surface area contributed by atoms with Crippen molar-refractivity contribution < 1.29 is 18.7 Å². The molecule has 0 spiro atoms. The van der Waals surface area contributed by atoms with Crippen LogP contribution in [0.5, 0.6) is 0 Å². The van der Waals surface area contributed by atoms with Gasteiger partial charge in [-0.05, 0) is 43.2 Å². The van der Waals surface area contributed by atoms with E-state index in [0.29, 0.717) is 23.5 Å². The molecule has 0 saturated carbocycles. The monoisotopic (exact) mass is 473 g/mol. The minimum Gasteiger partial charge on any atom is -0.465 e. The quantitative estimate of drug-likeness (QED) is 0.351. The molecular formula is C19H21ClFN3O4S2. The van der Waals surface area contributed by atoms with E-state index in [1.54, 1.807) is 16.3 Å². The summed E-state index contributed by atoms with van der Waals surface area (Å²) < 4.78 is 28.2. The molecule has 1 aromatic carbocycles. The first-order valence-electron chi connectivity index (χ1n) is 9.41. The normalized spacial score (nSPS) is 15.0. The number of aromatic nitrogens is 2. The highest BCUT2D eigenvalue weighted by atomic mass is 35.5. The first-order valence-corrected chi connectivity index (χ1v) is 11.0. The fourth-order valence-corrected chi connectivity index (χ4v) is 4.71. The molecule has 2 aromatic rings. The zero-order valence-electron chi connectivity index (χ0n) is 16.5. The van der Waals surface area contributed by atoms with E-state index in [2.05, 4.69) is 4.99 Å². The largest absolute Gasteiger partial charge is 0.465 e. The van der Waals surface area contributed by atoms with Gasteiger partial charge in [-0.1, -0.05) is 23.8 Å². The summed E-state index contributed by atoms with van der Waals surface area (Å²) in [6.45, 7) is 3.13. The average Bonchev–Trinajstić information content (AvgIpc) is 3.03. The van der Waals surface area contributed by atoms with Gasteiger partial charge in [0.1, 0.15) is 17.4 Å². The molecule has 0 amide bonds. The summed E-state index contributed by atoms with van der Waals surface area (Å²) in [5.41, 5.74) is 0.284. The molecule has 1 aliphatic heterocycles. The maximum absolute atomic E-state index is 14.6. The predicted molar refractivity (Wildman–Crippen MR) is 116 cm³/mol. The molecule has 0 bridgehead atoms. The second kappa shape index (κ2) is 9.95. The third kappa shape index (κ3) is 4.72. The molecule has 30 heavy (non-hydrogen) atoms. The van der Waals surface area contributed by atoms with Gasteiger partial charge in [-0.3, -0.25) is 14.3 Å². The number of nitrogens with zero attached hydrogens (tertiary/aromatic N) is 3. The van der Waals surface area contributed by atoms with Crippen LogP contribution in [-0.4, -0.2) is 40.5 Å². The Bertz CT molecular complexity index is 1090. The maximum atomic E-state index is 14.6. The highest BCUT2D eigenvalue weighted by Gasteiger charge is 2.28. The van der Waals surface area contributed by atoms with E-state index in [9.17, 15) is 14.0 Å². The van der Waals surface area contributed by atoms with Crippen molar-refractivity contribution in [3.63, 3.8) is 0 Å². The summed E-state index contributed by atoms with van der Waals surface area (Å²) in [6.07, 6.45) is 1.83. The lowest BCUT2D eigenvalue weighted by Gasteiger charge is -2.17. The van der Waals surface area contributed by atoms with Crippen LogP contribution < -0.4 is 9.67 Å². The summed E-state index contributed by atoms with van der Waals surface area (Å²) >= 11 is 12.6. The number of thiocarbonyl (C=S) groups is 1. The number of benzene rings is 1. The topological polar surface area (TPSA) is 74.8 Å². The molecule has 1 unspecified atom stereocenters. The first kappa shape index (κ1) is 22.8. The van der Waals surface area contributed by atoms with Gasteiger partial charge in [0.05, 0.1) is 18.2 Å². The summed E-state index contributed by atoms with van der Waals surface area (Å²) in [7, 11) is 1.44. The molecule has 0 saturated heterocycles.